The number of rotatable bonds is 9. The summed E-state index contributed by atoms with van der Waals surface area (Å²) in [6.07, 6.45) is 2.97. The van der Waals surface area contributed by atoms with Crippen molar-refractivity contribution >= 4 is 22.9 Å². The predicted octanol–water partition coefficient (Wildman–Crippen LogP) is 2.66. The zero-order valence-electron chi connectivity index (χ0n) is 20.5. The van der Waals surface area contributed by atoms with E-state index >= 15 is 0 Å². The molecule has 2 amide bonds. The second-order valence-electron chi connectivity index (χ2n) is 9.80. The smallest absolute Gasteiger partial charge is 0.404 e. The van der Waals surface area contributed by atoms with Crippen molar-refractivity contribution in [1.82, 2.24) is 25.4 Å². The number of carboxylic acid groups (broad SMARTS) is 1. The van der Waals surface area contributed by atoms with Crippen molar-refractivity contribution < 1.29 is 19.4 Å². The fraction of sp³-hybridized carbons (Fsp3) is 0.577. The molecule has 1 aromatic heterocycles. The third kappa shape index (κ3) is 7.29. The molecule has 0 bridgehead atoms. The molecule has 35 heavy (non-hydrogen) atoms. The van der Waals surface area contributed by atoms with Crippen LogP contribution in [0.15, 0.2) is 30.3 Å². The third-order valence-corrected chi connectivity index (χ3v) is 7.25. The summed E-state index contributed by atoms with van der Waals surface area (Å²) in [6, 6.07) is 9.43. The molecule has 2 aliphatic rings. The Morgan fingerprint density at radius 1 is 1.03 bits per heavy atom. The zero-order valence-corrected chi connectivity index (χ0v) is 20.5. The molecule has 1 aliphatic heterocycles. The first-order valence-corrected chi connectivity index (χ1v) is 12.7. The molecule has 4 rings (SSSR count). The van der Waals surface area contributed by atoms with Crippen LogP contribution in [0, 0.1) is 11.8 Å². The van der Waals surface area contributed by atoms with Crippen molar-refractivity contribution in [3.8, 4) is 5.88 Å². The minimum atomic E-state index is -0.966. The largest absolute Gasteiger partial charge is 0.476 e. The number of fused-ring (bicyclic) bond motifs is 1. The fourth-order valence-electron chi connectivity index (χ4n) is 4.97. The van der Waals surface area contributed by atoms with E-state index in [9.17, 15) is 9.59 Å². The van der Waals surface area contributed by atoms with Gasteiger partial charge in [0, 0.05) is 57.3 Å². The van der Waals surface area contributed by atoms with E-state index in [-0.39, 0.29) is 5.91 Å². The number of benzene rings is 1. The molecule has 2 heterocycles. The van der Waals surface area contributed by atoms with Gasteiger partial charge in [0.15, 0.2) is 0 Å². The number of carbonyl (C=O) groups excluding carboxylic acids is 1. The van der Waals surface area contributed by atoms with Crippen LogP contribution < -0.4 is 15.4 Å². The normalized spacial score (nSPS) is 21.5. The maximum atomic E-state index is 13.2. The van der Waals surface area contributed by atoms with Crippen LogP contribution >= 0.6 is 0 Å². The second kappa shape index (κ2) is 12.2. The molecular weight excluding hydrogens is 446 g/mol. The lowest BCUT2D eigenvalue weighted by Gasteiger charge is -2.32. The van der Waals surface area contributed by atoms with Gasteiger partial charge in [-0.1, -0.05) is 18.2 Å². The number of amides is 2. The highest BCUT2D eigenvalue weighted by atomic mass is 16.5. The van der Waals surface area contributed by atoms with Crippen LogP contribution in [0.4, 0.5) is 4.79 Å². The summed E-state index contributed by atoms with van der Waals surface area (Å²) in [5.74, 6) is 1.16. The minimum Gasteiger partial charge on any atom is -0.476 e. The molecule has 2 aromatic rings. The van der Waals surface area contributed by atoms with Crippen LogP contribution in [0.5, 0.6) is 5.88 Å². The average molecular weight is 484 g/mol. The van der Waals surface area contributed by atoms with E-state index < -0.39 is 6.09 Å². The Balaban J connectivity index is 1.32. The molecule has 9 nitrogen and oxygen atoms in total. The Morgan fingerprint density at radius 2 is 1.69 bits per heavy atom. The Hall–Kier alpha value is -2.91. The van der Waals surface area contributed by atoms with E-state index in [2.05, 4.69) is 32.5 Å². The topological polar surface area (TPSA) is 107 Å². The number of ether oxygens (including phenoxy) is 1. The van der Waals surface area contributed by atoms with Gasteiger partial charge in [-0.25, -0.2) is 9.78 Å². The van der Waals surface area contributed by atoms with E-state index in [1.54, 1.807) is 6.07 Å². The number of nitrogens with zero attached hydrogens (tertiary/aromatic N) is 3. The quantitative estimate of drug-likeness (QED) is 0.503. The maximum Gasteiger partial charge on any atom is 0.404 e. The first-order chi connectivity index (χ1) is 17.0. The summed E-state index contributed by atoms with van der Waals surface area (Å²) >= 11 is 0. The van der Waals surface area contributed by atoms with Gasteiger partial charge in [-0.2, -0.15) is 0 Å². The van der Waals surface area contributed by atoms with E-state index in [1.807, 2.05) is 24.3 Å². The SMILES string of the molecule is CN1CCN(CCOc2cc(C(=O)NCC3CCC(CNC(=O)O)CC3)c3ccccc3n2)CC1. The minimum absolute atomic E-state index is 0.109. The van der Waals surface area contributed by atoms with Gasteiger partial charge in [0.2, 0.25) is 5.88 Å². The predicted molar refractivity (Wildman–Crippen MR) is 135 cm³/mol. The molecule has 9 heteroatoms. The van der Waals surface area contributed by atoms with Gasteiger partial charge in [0.25, 0.3) is 5.91 Å². The molecule has 1 saturated heterocycles. The molecule has 1 aliphatic carbocycles. The molecule has 2 fully saturated rings. The standard InChI is InChI=1S/C26H37N5O4/c1-30-10-12-31(13-11-30)14-15-35-24-16-22(21-4-2-3-5-23(21)29-24)25(32)27-17-19-6-8-20(9-7-19)18-28-26(33)34/h2-5,16,19-20,28H,6-15,17-18H2,1H3,(H,27,32)(H,33,34). The van der Waals surface area contributed by atoms with Gasteiger partial charge in [0.1, 0.15) is 6.61 Å². The summed E-state index contributed by atoms with van der Waals surface area (Å²) < 4.78 is 5.99. The number of piperazine rings is 1. The van der Waals surface area contributed by atoms with Crippen LogP contribution in [-0.2, 0) is 0 Å². The molecule has 0 radical (unpaired) electrons. The lowest BCUT2D eigenvalue weighted by atomic mass is 9.82. The van der Waals surface area contributed by atoms with Crippen LogP contribution in [0.3, 0.4) is 0 Å². The van der Waals surface area contributed by atoms with Crippen molar-refractivity contribution in [2.45, 2.75) is 25.7 Å². The Morgan fingerprint density at radius 3 is 2.37 bits per heavy atom. The number of pyridine rings is 1. The Kier molecular flexibility index (Phi) is 8.76. The summed E-state index contributed by atoms with van der Waals surface area (Å²) in [4.78, 5) is 33.2. The third-order valence-electron chi connectivity index (χ3n) is 7.25. The highest BCUT2D eigenvalue weighted by Crippen LogP contribution is 2.28. The second-order valence-corrected chi connectivity index (χ2v) is 9.80. The average Bonchev–Trinajstić information content (AvgIpc) is 2.87. The fourth-order valence-corrected chi connectivity index (χ4v) is 4.97. The molecular formula is C26H37N5O4. The van der Waals surface area contributed by atoms with Crippen molar-refractivity contribution in [3.63, 3.8) is 0 Å². The number of likely N-dealkylation sites (N-methyl/N-ethyl adjacent to an activating group) is 1. The van der Waals surface area contributed by atoms with Gasteiger partial charge in [0.05, 0.1) is 11.1 Å². The molecule has 0 spiro atoms. The van der Waals surface area contributed by atoms with Gasteiger partial charge >= 0.3 is 6.09 Å². The van der Waals surface area contributed by atoms with E-state index in [1.165, 1.54) is 0 Å². The summed E-state index contributed by atoms with van der Waals surface area (Å²) in [6.45, 7) is 6.72. The van der Waals surface area contributed by atoms with Crippen LogP contribution in [-0.4, -0.2) is 91.4 Å². The van der Waals surface area contributed by atoms with E-state index in [0.29, 0.717) is 43.0 Å². The molecule has 0 unspecified atom stereocenters. The van der Waals surface area contributed by atoms with Gasteiger partial charge in [-0.05, 0) is 50.6 Å². The zero-order chi connectivity index (χ0) is 24.6. The molecule has 1 aromatic carbocycles. The van der Waals surface area contributed by atoms with E-state index in [4.69, 9.17) is 9.84 Å². The lowest BCUT2D eigenvalue weighted by Crippen LogP contribution is -2.45. The summed E-state index contributed by atoms with van der Waals surface area (Å²) in [7, 11) is 2.14. The van der Waals surface area contributed by atoms with Crippen molar-refractivity contribution in [2.24, 2.45) is 11.8 Å². The summed E-state index contributed by atoms with van der Waals surface area (Å²) in [5, 5.41) is 15.2. The highest BCUT2D eigenvalue weighted by Gasteiger charge is 2.23. The van der Waals surface area contributed by atoms with Crippen molar-refractivity contribution in [2.75, 3.05) is 59.5 Å². The molecule has 1 saturated carbocycles. The van der Waals surface area contributed by atoms with Crippen molar-refractivity contribution in [3.05, 3.63) is 35.9 Å². The number of aromatic nitrogens is 1. The van der Waals surface area contributed by atoms with Crippen molar-refractivity contribution in [1.29, 1.82) is 0 Å². The molecule has 0 atom stereocenters. The number of hydrogen-bond acceptors (Lipinski definition) is 6. The van der Waals surface area contributed by atoms with Gasteiger partial charge in [-0.3, -0.25) is 9.69 Å². The van der Waals surface area contributed by atoms with Crippen LogP contribution in [0.25, 0.3) is 10.9 Å². The van der Waals surface area contributed by atoms with Crippen LogP contribution in [0.1, 0.15) is 36.0 Å². The number of hydrogen-bond donors (Lipinski definition) is 3. The number of nitrogens with one attached hydrogen (secondary N) is 2. The highest BCUT2D eigenvalue weighted by molar-refractivity contribution is 6.06. The Bertz CT molecular complexity index is 1000. The first-order valence-electron chi connectivity index (χ1n) is 12.7. The lowest BCUT2D eigenvalue weighted by molar-refractivity contribution is 0.0941. The molecule has 190 valence electrons. The van der Waals surface area contributed by atoms with Gasteiger partial charge < -0.3 is 25.4 Å². The number of para-hydroxylation sites is 1. The first kappa shape index (κ1) is 25.2. The monoisotopic (exact) mass is 483 g/mol. The van der Waals surface area contributed by atoms with Gasteiger partial charge in [-0.15, -0.1) is 0 Å². The van der Waals surface area contributed by atoms with Crippen LogP contribution in [0.2, 0.25) is 0 Å². The molecule has 3 N–H and O–H groups in total. The number of carbonyl (C=O) groups is 2. The van der Waals surface area contributed by atoms with E-state index in [0.717, 1.165) is 69.3 Å². The maximum absolute atomic E-state index is 13.2. The summed E-state index contributed by atoms with van der Waals surface area (Å²) in [5.41, 5.74) is 1.34. The Labute approximate surface area is 206 Å².